The van der Waals surface area contributed by atoms with Gasteiger partial charge in [0.2, 0.25) is 0 Å². The molecule has 0 amide bonds. The van der Waals surface area contributed by atoms with E-state index >= 15 is 0 Å². The number of rotatable bonds is 4. The fourth-order valence-corrected chi connectivity index (χ4v) is 3.04. The summed E-state index contributed by atoms with van der Waals surface area (Å²) in [7, 11) is 0. The van der Waals surface area contributed by atoms with Gasteiger partial charge in [0.1, 0.15) is 6.54 Å². The SMILES string of the molecule is CCC(CC)C1CN=C(NCC(F)(F)F)S1. The normalized spacial score (nSPS) is 21.4. The van der Waals surface area contributed by atoms with Crippen LogP contribution in [0.2, 0.25) is 0 Å². The second-order valence-corrected chi connectivity index (χ2v) is 5.08. The van der Waals surface area contributed by atoms with Crippen molar-refractivity contribution in [3.63, 3.8) is 0 Å². The van der Waals surface area contributed by atoms with Crippen molar-refractivity contribution >= 4 is 16.9 Å². The molecule has 1 atom stereocenters. The second-order valence-electron chi connectivity index (χ2n) is 3.85. The van der Waals surface area contributed by atoms with E-state index in [1.165, 1.54) is 11.8 Å². The van der Waals surface area contributed by atoms with Crippen molar-refractivity contribution in [1.82, 2.24) is 5.32 Å². The van der Waals surface area contributed by atoms with Crippen molar-refractivity contribution in [2.24, 2.45) is 10.9 Å². The summed E-state index contributed by atoms with van der Waals surface area (Å²) >= 11 is 1.45. The third-order valence-electron chi connectivity index (χ3n) is 2.69. The van der Waals surface area contributed by atoms with Gasteiger partial charge in [0.25, 0.3) is 0 Å². The minimum absolute atomic E-state index is 0.339. The van der Waals surface area contributed by atoms with Crippen molar-refractivity contribution in [1.29, 1.82) is 0 Å². The minimum atomic E-state index is -4.17. The lowest BCUT2D eigenvalue weighted by atomic mass is 9.99. The molecule has 1 rings (SSSR count). The summed E-state index contributed by atoms with van der Waals surface area (Å²) in [6.07, 6.45) is -2.07. The maximum Gasteiger partial charge on any atom is 0.405 e. The van der Waals surface area contributed by atoms with E-state index in [-0.39, 0.29) is 0 Å². The fraction of sp³-hybridized carbons (Fsp3) is 0.900. The molecule has 1 heterocycles. The van der Waals surface area contributed by atoms with Crippen molar-refractivity contribution in [3.05, 3.63) is 0 Å². The van der Waals surface area contributed by atoms with E-state index in [1.54, 1.807) is 0 Å². The average Bonchev–Trinajstić information content (AvgIpc) is 2.65. The van der Waals surface area contributed by atoms with Gasteiger partial charge in [-0.15, -0.1) is 0 Å². The minimum Gasteiger partial charge on any atom is -0.356 e. The van der Waals surface area contributed by atoms with E-state index in [9.17, 15) is 13.2 Å². The molecule has 0 fully saturated rings. The maximum atomic E-state index is 12.0. The number of thioether (sulfide) groups is 1. The van der Waals surface area contributed by atoms with Crippen LogP contribution in [-0.4, -0.2) is 29.7 Å². The predicted octanol–water partition coefficient (Wildman–Crippen LogP) is 3.05. The molecule has 0 bridgehead atoms. The van der Waals surface area contributed by atoms with Gasteiger partial charge in [-0.25, -0.2) is 0 Å². The molecule has 0 saturated heterocycles. The highest BCUT2D eigenvalue weighted by molar-refractivity contribution is 8.14. The highest BCUT2D eigenvalue weighted by Gasteiger charge is 2.30. The van der Waals surface area contributed by atoms with Gasteiger partial charge in [-0.2, -0.15) is 13.2 Å². The van der Waals surface area contributed by atoms with Crippen LogP contribution in [0.15, 0.2) is 4.99 Å². The molecule has 1 N–H and O–H groups in total. The van der Waals surface area contributed by atoms with Crippen LogP contribution in [0, 0.1) is 5.92 Å². The van der Waals surface area contributed by atoms with Crippen molar-refractivity contribution in [2.45, 2.75) is 38.1 Å². The number of aliphatic imine (C=N–C) groups is 1. The molecule has 0 aromatic heterocycles. The Morgan fingerprint density at radius 3 is 2.56 bits per heavy atom. The number of hydrogen-bond acceptors (Lipinski definition) is 3. The van der Waals surface area contributed by atoms with Crippen LogP contribution in [0.25, 0.3) is 0 Å². The van der Waals surface area contributed by atoms with Gasteiger partial charge in [-0.05, 0) is 5.92 Å². The van der Waals surface area contributed by atoms with Crippen LogP contribution in [0.3, 0.4) is 0 Å². The maximum absolute atomic E-state index is 12.0. The third-order valence-corrected chi connectivity index (χ3v) is 4.03. The third kappa shape index (κ3) is 4.23. The van der Waals surface area contributed by atoms with Gasteiger partial charge in [-0.1, -0.05) is 38.5 Å². The standard InChI is InChI=1S/C10H17F3N2S/c1-3-7(4-2)8-5-14-9(16-8)15-6-10(11,12)13/h7-8H,3-6H2,1-2H3,(H,14,15). The van der Waals surface area contributed by atoms with Crippen LogP contribution in [0.5, 0.6) is 0 Å². The smallest absolute Gasteiger partial charge is 0.356 e. The highest BCUT2D eigenvalue weighted by Crippen LogP contribution is 2.30. The molecular formula is C10H17F3N2S. The van der Waals surface area contributed by atoms with Gasteiger partial charge in [0.05, 0.1) is 6.54 Å². The van der Waals surface area contributed by atoms with Gasteiger partial charge in [0.15, 0.2) is 5.17 Å². The molecule has 0 aliphatic carbocycles. The van der Waals surface area contributed by atoms with Crippen molar-refractivity contribution in [3.8, 4) is 0 Å². The molecule has 16 heavy (non-hydrogen) atoms. The number of alkyl halides is 3. The molecule has 0 radical (unpaired) electrons. The van der Waals surface area contributed by atoms with Gasteiger partial charge in [-0.3, -0.25) is 4.99 Å². The number of halogens is 3. The summed E-state index contributed by atoms with van der Waals surface area (Å²) < 4.78 is 35.9. The van der Waals surface area contributed by atoms with Gasteiger partial charge < -0.3 is 5.32 Å². The fourth-order valence-electron chi connectivity index (χ4n) is 1.72. The molecule has 94 valence electrons. The highest BCUT2D eigenvalue weighted by atomic mass is 32.2. The quantitative estimate of drug-likeness (QED) is 0.834. The van der Waals surface area contributed by atoms with Crippen LogP contribution in [-0.2, 0) is 0 Å². The Morgan fingerprint density at radius 2 is 2.06 bits per heavy atom. The molecule has 0 spiro atoms. The lowest BCUT2D eigenvalue weighted by Gasteiger charge is -2.18. The van der Waals surface area contributed by atoms with E-state index in [2.05, 4.69) is 24.2 Å². The first-order valence-electron chi connectivity index (χ1n) is 5.48. The predicted molar refractivity (Wildman–Crippen MR) is 61.8 cm³/mol. The van der Waals surface area contributed by atoms with Crippen molar-refractivity contribution < 1.29 is 13.2 Å². The van der Waals surface area contributed by atoms with Crippen LogP contribution < -0.4 is 5.32 Å². The van der Waals surface area contributed by atoms with E-state index in [4.69, 9.17) is 0 Å². The largest absolute Gasteiger partial charge is 0.405 e. The molecule has 0 aromatic rings. The Bertz CT molecular complexity index is 249. The Labute approximate surface area is 98.1 Å². The number of nitrogens with one attached hydrogen (secondary N) is 1. The first kappa shape index (κ1) is 13.7. The summed E-state index contributed by atoms with van der Waals surface area (Å²) in [6, 6.07) is 0. The van der Waals surface area contributed by atoms with Gasteiger partial charge >= 0.3 is 6.18 Å². The summed E-state index contributed by atoms with van der Waals surface area (Å²) in [6.45, 7) is 3.86. The Balaban J connectivity index is 2.34. The molecular weight excluding hydrogens is 237 g/mol. The molecule has 1 unspecified atom stereocenters. The van der Waals surface area contributed by atoms with Crippen LogP contribution in [0.1, 0.15) is 26.7 Å². The van der Waals surface area contributed by atoms with Crippen LogP contribution in [0.4, 0.5) is 13.2 Å². The topological polar surface area (TPSA) is 24.4 Å². The van der Waals surface area contributed by atoms with E-state index in [0.29, 0.717) is 22.9 Å². The Morgan fingerprint density at radius 1 is 1.44 bits per heavy atom. The molecule has 6 heteroatoms. The summed E-state index contributed by atoms with van der Waals surface area (Å²) in [5, 5.41) is 3.12. The summed E-state index contributed by atoms with van der Waals surface area (Å²) in [4.78, 5) is 4.11. The number of hydrogen-bond donors (Lipinski definition) is 1. The zero-order valence-corrected chi connectivity index (χ0v) is 10.3. The van der Waals surface area contributed by atoms with Gasteiger partial charge in [0, 0.05) is 5.25 Å². The first-order chi connectivity index (χ1) is 7.46. The Hall–Kier alpha value is -0.390. The average molecular weight is 254 g/mol. The molecule has 0 aromatic carbocycles. The Kier molecular flexibility index (Phi) is 4.95. The molecule has 1 aliphatic heterocycles. The summed E-state index contributed by atoms with van der Waals surface area (Å²) in [5.41, 5.74) is 0. The molecule has 1 aliphatic rings. The monoisotopic (exact) mass is 254 g/mol. The molecule has 0 saturated carbocycles. The number of nitrogens with zero attached hydrogens (tertiary/aromatic N) is 1. The second kappa shape index (κ2) is 5.80. The zero-order chi connectivity index (χ0) is 12.2. The lowest BCUT2D eigenvalue weighted by Crippen LogP contribution is -2.32. The van der Waals surface area contributed by atoms with E-state index in [0.717, 1.165) is 12.8 Å². The van der Waals surface area contributed by atoms with Crippen molar-refractivity contribution in [2.75, 3.05) is 13.1 Å². The first-order valence-corrected chi connectivity index (χ1v) is 6.36. The van der Waals surface area contributed by atoms with E-state index < -0.39 is 12.7 Å². The zero-order valence-electron chi connectivity index (χ0n) is 9.47. The molecule has 2 nitrogen and oxygen atoms in total. The van der Waals surface area contributed by atoms with E-state index in [1.807, 2.05) is 0 Å². The number of amidine groups is 1. The van der Waals surface area contributed by atoms with Crippen LogP contribution >= 0.6 is 11.8 Å². The summed E-state index contributed by atoms with van der Waals surface area (Å²) in [5.74, 6) is 0.541. The lowest BCUT2D eigenvalue weighted by molar-refractivity contribution is -0.121.